The van der Waals surface area contributed by atoms with E-state index in [1.165, 1.54) is 24.3 Å². The van der Waals surface area contributed by atoms with Crippen molar-refractivity contribution in [3.8, 4) is 5.75 Å². The van der Waals surface area contributed by atoms with E-state index >= 15 is 0 Å². The summed E-state index contributed by atoms with van der Waals surface area (Å²) in [6, 6.07) is 5.57. The van der Waals surface area contributed by atoms with Crippen LogP contribution in [0.4, 0.5) is 13.2 Å². The number of hydrogen-bond donors (Lipinski definition) is 1. The number of hydrogen-bond acceptors (Lipinski definition) is 4. The minimum Gasteiger partial charge on any atom is -0.406 e. The molecule has 1 N–H and O–H groups in total. The molecule has 5 nitrogen and oxygen atoms in total. The third-order valence-corrected chi connectivity index (χ3v) is 3.93. The summed E-state index contributed by atoms with van der Waals surface area (Å²) < 4.78 is 40.1. The summed E-state index contributed by atoms with van der Waals surface area (Å²) in [5.74, 6) is -0.230. The molecule has 1 aromatic carbocycles. The van der Waals surface area contributed by atoms with Gasteiger partial charge in [-0.15, -0.1) is 13.2 Å². The van der Waals surface area contributed by atoms with Crippen LogP contribution in [0.3, 0.4) is 0 Å². The SMILES string of the molecule is O=C(CCc1ccc(OC(F)(F)F)cc1)N1CCN(CCO)CC1. The average molecular weight is 346 g/mol. The first-order valence-corrected chi connectivity index (χ1v) is 7.83. The maximum Gasteiger partial charge on any atom is 0.573 e. The number of piperazine rings is 1. The predicted molar refractivity (Wildman–Crippen MR) is 81.6 cm³/mol. The van der Waals surface area contributed by atoms with E-state index in [1.807, 2.05) is 0 Å². The highest BCUT2D eigenvalue weighted by Crippen LogP contribution is 2.23. The molecule has 0 radical (unpaired) electrons. The van der Waals surface area contributed by atoms with Gasteiger partial charge in [-0.05, 0) is 24.1 Å². The number of halogens is 3. The first kappa shape index (κ1) is 18.5. The van der Waals surface area contributed by atoms with Gasteiger partial charge in [0.2, 0.25) is 5.91 Å². The molecule has 0 aromatic heterocycles. The van der Waals surface area contributed by atoms with E-state index in [9.17, 15) is 18.0 Å². The lowest BCUT2D eigenvalue weighted by molar-refractivity contribution is -0.274. The van der Waals surface area contributed by atoms with E-state index in [2.05, 4.69) is 9.64 Å². The lowest BCUT2D eigenvalue weighted by atomic mass is 10.1. The normalized spacial score (nSPS) is 16.2. The van der Waals surface area contributed by atoms with Crippen molar-refractivity contribution in [1.82, 2.24) is 9.80 Å². The number of benzene rings is 1. The quantitative estimate of drug-likeness (QED) is 0.851. The zero-order valence-corrected chi connectivity index (χ0v) is 13.3. The minimum atomic E-state index is -4.70. The Morgan fingerprint density at radius 1 is 1.12 bits per heavy atom. The molecule has 1 amide bonds. The van der Waals surface area contributed by atoms with E-state index in [1.54, 1.807) is 4.90 Å². The summed E-state index contributed by atoms with van der Waals surface area (Å²) in [4.78, 5) is 16.1. The van der Waals surface area contributed by atoms with E-state index in [0.29, 0.717) is 32.5 Å². The summed E-state index contributed by atoms with van der Waals surface area (Å²) in [5.41, 5.74) is 0.789. The Balaban J connectivity index is 1.76. The van der Waals surface area contributed by atoms with E-state index in [0.717, 1.165) is 18.7 Å². The van der Waals surface area contributed by atoms with Crippen LogP contribution in [0.2, 0.25) is 0 Å². The number of aliphatic hydroxyl groups excluding tert-OH is 1. The van der Waals surface area contributed by atoms with Gasteiger partial charge in [0, 0.05) is 39.1 Å². The van der Waals surface area contributed by atoms with Gasteiger partial charge in [0.15, 0.2) is 0 Å². The molecule has 1 aliphatic heterocycles. The highest BCUT2D eigenvalue weighted by molar-refractivity contribution is 5.76. The smallest absolute Gasteiger partial charge is 0.406 e. The van der Waals surface area contributed by atoms with Crippen molar-refractivity contribution in [2.75, 3.05) is 39.3 Å². The van der Waals surface area contributed by atoms with Crippen LogP contribution >= 0.6 is 0 Å². The molecule has 0 aliphatic carbocycles. The Kier molecular flexibility index (Phi) is 6.44. The van der Waals surface area contributed by atoms with E-state index in [4.69, 9.17) is 5.11 Å². The number of carbonyl (C=O) groups is 1. The third-order valence-electron chi connectivity index (χ3n) is 3.93. The maximum absolute atomic E-state index is 12.2. The zero-order valence-electron chi connectivity index (χ0n) is 13.3. The van der Waals surface area contributed by atoms with Crippen molar-refractivity contribution in [3.05, 3.63) is 29.8 Å². The van der Waals surface area contributed by atoms with Gasteiger partial charge in [-0.3, -0.25) is 9.69 Å². The summed E-state index contributed by atoms with van der Waals surface area (Å²) in [6.45, 7) is 3.50. The zero-order chi connectivity index (χ0) is 17.6. The minimum absolute atomic E-state index is 0.0364. The molecule has 0 spiro atoms. The van der Waals surface area contributed by atoms with Crippen LogP contribution in [0, 0.1) is 0 Å². The standard InChI is InChI=1S/C16H21F3N2O3/c17-16(18,19)24-14-4-1-13(2-5-14)3-6-15(23)21-9-7-20(8-10-21)11-12-22/h1-2,4-5,22H,3,6-12H2. The maximum atomic E-state index is 12.2. The molecule has 2 rings (SSSR count). The number of aliphatic hydroxyl groups is 1. The van der Waals surface area contributed by atoms with Crippen LogP contribution in [-0.2, 0) is 11.2 Å². The summed E-state index contributed by atoms with van der Waals surface area (Å²) in [6.07, 6.45) is -3.91. The molecule has 134 valence electrons. The highest BCUT2D eigenvalue weighted by Gasteiger charge is 2.31. The molecule has 8 heteroatoms. The fraction of sp³-hybridized carbons (Fsp3) is 0.562. The van der Waals surface area contributed by atoms with Crippen molar-refractivity contribution in [2.45, 2.75) is 19.2 Å². The van der Waals surface area contributed by atoms with Gasteiger partial charge in [-0.25, -0.2) is 0 Å². The number of β-amino-alcohol motifs (C(OH)–C–C–N with tert-alkyl or cyclic N) is 1. The van der Waals surface area contributed by atoms with Crippen LogP contribution < -0.4 is 4.74 Å². The molecule has 0 atom stereocenters. The van der Waals surface area contributed by atoms with Crippen molar-refractivity contribution < 1.29 is 27.8 Å². The van der Waals surface area contributed by atoms with Gasteiger partial charge < -0.3 is 14.7 Å². The number of nitrogens with zero attached hydrogens (tertiary/aromatic N) is 2. The number of aryl methyl sites for hydroxylation is 1. The van der Waals surface area contributed by atoms with Crippen molar-refractivity contribution in [2.24, 2.45) is 0 Å². The molecule has 24 heavy (non-hydrogen) atoms. The molecular formula is C16H21F3N2O3. The van der Waals surface area contributed by atoms with Crippen molar-refractivity contribution in [1.29, 1.82) is 0 Å². The lowest BCUT2D eigenvalue weighted by Crippen LogP contribution is -2.49. The fourth-order valence-corrected chi connectivity index (χ4v) is 2.63. The molecule has 1 aromatic rings. The number of ether oxygens (including phenoxy) is 1. The molecule has 0 bridgehead atoms. The van der Waals surface area contributed by atoms with Gasteiger partial charge in [-0.2, -0.15) is 0 Å². The third kappa shape index (κ3) is 6.01. The average Bonchev–Trinajstić information content (AvgIpc) is 2.53. The van der Waals surface area contributed by atoms with Gasteiger partial charge >= 0.3 is 6.36 Å². The summed E-state index contributed by atoms with van der Waals surface area (Å²) in [5, 5.41) is 8.89. The van der Waals surface area contributed by atoms with Gasteiger partial charge in [0.25, 0.3) is 0 Å². The second kappa shape index (κ2) is 8.34. The van der Waals surface area contributed by atoms with Gasteiger partial charge in [-0.1, -0.05) is 12.1 Å². The van der Waals surface area contributed by atoms with E-state index < -0.39 is 6.36 Å². The molecule has 0 unspecified atom stereocenters. The van der Waals surface area contributed by atoms with Crippen LogP contribution in [0.15, 0.2) is 24.3 Å². The van der Waals surface area contributed by atoms with Crippen molar-refractivity contribution >= 4 is 5.91 Å². The first-order valence-electron chi connectivity index (χ1n) is 7.83. The van der Waals surface area contributed by atoms with Crippen LogP contribution in [-0.4, -0.2) is 66.5 Å². The molecular weight excluding hydrogens is 325 g/mol. The van der Waals surface area contributed by atoms with Crippen LogP contribution in [0.25, 0.3) is 0 Å². The van der Waals surface area contributed by atoms with Crippen molar-refractivity contribution in [3.63, 3.8) is 0 Å². The number of carbonyl (C=O) groups excluding carboxylic acids is 1. The van der Waals surface area contributed by atoms with Crippen LogP contribution in [0.1, 0.15) is 12.0 Å². The van der Waals surface area contributed by atoms with Gasteiger partial charge in [0.1, 0.15) is 5.75 Å². The number of amides is 1. The molecule has 0 saturated carbocycles. The topological polar surface area (TPSA) is 53.0 Å². The Bertz CT molecular complexity index is 526. The Morgan fingerprint density at radius 2 is 1.75 bits per heavy atom. The highest BCUT2D eigenvalue weighted by atomic mass is 19.4. The van der Waals surface area contributed by atoms with Crippen LogP contribution in [0.5, 0.6) is 5.75 Å². The second-order valence-corrected chi connectivity index (χ2v) is 5.64. The monoisotopic (exact) mass is 346 g/mol. The summed E-state index contributed by atoms with van der Waals surface area (Å²) >= 11 is 0. The molecule has 1 saturated heterocycles. The molecule has 1 aliphatic rings. The predicted octanol–water partition coefficient (Wildman–Crippen LogP) is 1.65. The first-order chi connectivity index (χ1) is 11.4. The Labute approximate surface area is 138 Å². The fourth-order valence-electron chi connectivity index (χ4n) is 2.63. The Morgan fingerprint density at radius 3 is 2.29 bits per heavy atom. The van der Waals surface area contributed by atoms with E-state index in [-0.39, 0.29) is 18.3 Å². The number of rotatable bonds is 6. The van der Waals surface area contributed by atoms with Gasteiger partial charge in [0.05, 0.1) is 6.61 Å². The largest absolute Gasteiger partial charge is 0.573 e. The summed E-state index contributed by atoms with van der Waals surface area (Å²) in [7, 11) is 0. The Hall–Kier alpha value is -1.80. The molecule has 1 heterocycles. The second-order valence-electron chi connectivity index (χ2n) is 5.64. The number of alkyl halides is 3. The lowest BCUT2D eigenvalue weighted by Gasteiger charge is -2.34. The molecule has 1 fully saturated rings.